The van der Waals surface area contributed by atoms with E-state index in [1.54, 1.807) is 36.4 Å². The highest BCUT2D eigenvalue weighted by Crippen LogP contribution is 2.30. The fraction of sp³-hybridized carbons (Fsp3) is 0.242. The first-order chi connectivity index (χ1) is 21.1. The predicted molar refractivity (Wildman–Crippen MR) is 163 cm³/mol. The second kappa shape index (κ2) is 13.7. The Morgan fingerprint density at radius 1 is 0.886 bits per heavy atom. The van der Waals surface area contributed by atoms with E-state index in [2.05, 4.69) is 10.6 Å². The van der Waals surface area contributed by atoms with Crippen LogP contribution >= 0.6 is 0 Å². The molecule has 1 aliphatic heterocycles. The molecule has 0 spiro atoms. The normalized spacial score (nSPS) is 16.5. The Morgan fingerprint density at radius 3 is 2.11 bits per heavy atom. The lowest BCUT2D eigenvalue weighted by atomic mass is 9.85. The van der Waals surface area contributed by atoms with Crippen molar-refractivity contribution >= 4 is 21.6 Å². The van der Waals surface area contributed by atoms with Crippen molar-refractivity contribution < 1.29 is 26.4 Å². The van der Waals surface area contributed by atoms with E-state index in [1.165, 1.54) is 65.0 Å². The van der Waals surface area contributed by atoms with Crippen LogP contribution < -0.4 is 16.4 Å². The molecule has 0 aliphatic carbocycles. The Kier molecular flexibility index (Phi) is 9.80. The molecule has 1 aliphatic rings. The van der Waals surface area contributed by atoms with Crippen molar-refractivity contribution in [2.24, 2.45) is 5.73 Å². The minimum absolute atomic E-state index is 0.143. The lowest BCUT2D eigenvalue weighted by molar-refractivity contribution is -0.117. The van der Waals surface area contributed by atoms with Crippen LogP contribution in [-0.2, 0) is 21.2 Å². The van der Waals surface area contributed by atoms with Gasteiger partial charge in [-0.05, 0) is 72.5 Å². The summed E-state index contributed by atoms with van der Waals surface area (Å²) < 4.78 is 70.8. The highest BCUT2D eigenvalue weighted by atomic mass is 32.2. The van der Waals surface area contributed by atoms with Crippen molar-refractivity contribution in [3.63, 3.8) is 0 Å². The number of hydrogen-bond donors (Lipinski definition) is 3. The number of nitrogens with zero attached hydrogens (tertiary/aromatic N) is 1. The van der Waals surface area contributed by atoms with Gasteiger partial charge < -0.3 is 16.4 Å². The number of nitrogens with two attached hydrogens (primary N) is 1. The Morgan fingerprint density at radius 2 is 1.50 bits per heavy atom. The fourth-order valence-corrected chi connectivity index (χ4v) is 7.26. The molecule has 5 rings (SSSR count). The number of piperazine rings is 1. The monoisotopic (exact) mass is 622 g/mol. The van der Waals surface area contributed by atoms with Gasteiger partial charge in [0.2, 0.25) is 15.9 Å². The van der Waals surface area contributed by atoms with Crippen LogP contribution in [0.1, 0.15) is 29.0 Å². The van der Waals surface area contributed by atoms with Crippen LogP contribution in [-0.4, -0.2) is 50.3 Å². The van der Waals surface area contributed by atoms with Crippen LogP contribution in [0.2, 0.25) is 0 Å². The predicted octanol–water partition coefficient (Wildman–Crippen LogP) is 4.80. The zero-order chi connectivity index (χ0) is 31.3. The van der Waals surface area contributed by atoms with Crippen LogP contribution in [0.25, 0.3) is 0 Å². The molecule has 4 N–H and O–H groups in total. The maximum absolute atomic E-state index is 15.2. The van der Waals surface area contributed by atoms with E-state index in [-0.39, 0.29) is 29.1 Å². The minimum Gasteiger partial charge on any atom is -0.324 e. The summed E-state index contributed by atoms with van der Waals surface area (Å²) in [6, 6.07) is 21.9. The summed E-state index contributed by atoms with van der Waals surface area (Å²) in [4.78, 5) is 13.7. The Labute approximate surface area is 254 Å². The highest BCUT2D eigenvalue weighted by molar-refractivity contribution is 7.89. The van der Waals surface area contributed by atoms with E-state index >= 15 is 4.39 Å². The van der Waals surface area contributed by atoms with Gasteiger partial charge in [0, 0.05) is 42.8 Å². The number of hydrogen-bond acceptors (Lipinski definition) is 5. The number of anilines is 1. The van der Waals surface area contributed by atoms with Crippen molar-refractivity contribution in [2.45, 2.75) is 35.7 Å². The van der Waals surface area contributed by atoms with Crippen LogP contribution in [0.3, 0.4) is 0 Å². The number of sulfonamides is 1. The molecule has 230 valence electrons. The lowest BCUT2D eigenvalue weighted by Crippen LogP contribution is -2.53. The summed E-state index contributed by atoms with van der Waals surface area (Å²) in [5.74, 6) is -2.85. The molecule has 0 aromatic heterocycles. The molecular weight excluding hydrogens is 589 g/mol. The third-order valence-electron chi connectivity index (χ3n) is 7.87. The van der Waals surface area contributed by atoms with Gasteiger partial charge in [0.25, 0.3) is 0 Å². The minimum atomic E-state index is -3.77. The van der Waals surface area contributed by atoms with Crippen LogP contribution in [0.4, 0.5) is 18.9 Å². The summed E-state index contributed by atoms with van der Waals surface area (Å²) in [6.45, 7) is 1.15. The smallest absolute Gasteiger partial charge is 0.243 e. The van der Waals surface area contributed by atoms with E-state index < -0.39 is 51.4 Å². The van der Waals surface area contributed by atoms with Gasteiger partial charge >= 0.3 is 0 Å². The van der Waals surface area contributed by atoms with Crippen molar-refractivity contribution in [1.82, 2.24) is 9.62 Å². The van der Waals surface area contributed by atoms with Crippen LogP contribution in [0.15, 0.2) is 102 Å². The number of benzene rings is 4. The molecule has 2 atom stereocenters. The summed E-state index contributed by atoms with van der Waals surface area (Å²) in [7, 11) is -3.77. The molecule has 1 saturated heterocycles. The van der Waals surface area contributed by atoms with Crippen molar-refractivity contribution in [3.05, 3.63) is 131 Å². The number of carbonyl (C=O) groups excluding carboxylic acids is 1. The number of carbonyl (C=O) groups is 1. The molecule has 1 fully saturated rings. The Bertz CT molecular complexity index is 1640. The Balaban J connectivity index is 1.36. The van der Waals surface area contributed by atoms with E-state index in [4.69, 9.17) is 5.73 Å². The van der Waals surface area contributed by atoms with Gasteiger partial charge in [0.15, 0.2) is 0 Å². The van der Waals surface area contributed by atoms with Gasteiger partial charge in [-0.3, -0.25) is 4.79 Å². The standard InChI is InChI=1S/C33H33F3N4O3S/c34-24-13-9-22(10-14-24)31(23-11-15-25(35)16-12-23)32(37)33(41)39-30-8-4-7-29(36)28(30)18-17-26-21-38-19-20-40(26)44(42,43)27-5-2-1-3-6-27/h1-16,26,31-32,38H,17-21,37H2,(H,39,41)/t26-,32+/m1/s1. The van der Waals surface area contributed by atoms with Crippen LogP contribution in [0.5, 0.6) is 0 Å². The maximum atomic E-state index is 15.2. The summed E-state index contributed by atoms with van der Waals surface area (Å²) in [5.41, 5.74) is 8.00. The van der Waals surface area contributed by atoms with Gasteiger partial charge in [-0.15, -0.1) is 0 Å². The third-order valence-corrected chi connectivity index (χ3v) is 9.84. The van der Waals surface area contributed by atoms with E-state index in [0.717, 1.165) is 0 Å². The van der Waals surface area contributed by atoms with Crippen LogP contribution in [0, 0.1) is 17.5 Å². The maximum Gasteiger partial charge on any atom is 0.243 e. The second-order valence-electron chi connectivity index (χ2n) is 10.7. The molecular formula is C33H33F3N4O3S. The quantitative estimate of drug-likeness (QED) is 0.236. The first-order valence-corrected chi connectivity index (χ1v) is 15.7. The number of halogens is 3. The molecule has 7 nitrogen and oxygen atoms in total. The third kappa shape index (κ3) is 7.02. The highest BCUT2D eigenvalue weighted by Gasteiger charge is 2.34. The summed E-state index contributed by atoms with van der Waals surface area (Å²) >= 11 is 0. The molecule has 0 bridgehead atoms. The lowest BCUT2D eigenvalue weighted by Gasteiger charge is -2.35. The molecule has 0 unspecified atom stereocenters. The van der Waals surface area contributed by atoms with Gasteiger partial charge in [0.05, 0.1) is 10.9 Å². The fourth-order valence-electron chi connectivity index (χ4n) is 5.59. The average molecular weight is 623 g/mol. The first-order valence-electron chi connectivity index (χ1n) is 14.3. The van der Waals surface area contributed by atoms with Gasteiger partial charge in [-0.25, -0.2) is 21.6 Å². The molecule has 44 heavy (non-hydrogen) atoms. The van der Waals surface area contributed by atoms with Crippen molar-refractivity contribution in [1.29, 1.82) is 0 Å². The average Bonchev–Trinajstić information content (AvgIpc) is 3.03. The second-order valence-corrected chi connectivity index (χ2v) is 12.6. The van der Waals surface area contributed by atoms with Crippen molar-refractivity contribution in [2.75, 3.05) is 25.0 Å². The van der Waals surface area contributed by atoms with Gasteiger partial charge in [-0.1, -0.05) is 48.5 Å². The summed E-state index contributed by atoms with van der Waals surface area (Å²) in [6.07, 6.45) is 0.437. The number of amides is 1. The van der Waals surface area contributed by atoms with Gasteiger partial charge in [-0.2, -0.15) is 4.31 Å². The van der Waals surface area contributed by atoms with Gasteiger partial charge in [0.1, 0.15) is 17.5 Å². The molecule has 4 aromatic carbocycles. The molecule has 1 amide bonds. The number of nitrogens with one attached hydrogen (secondary N) is 2. The SMILES string of the molecule is N[C@H](C(=O)Nc1cccc(F)c1CC[C@@H]1CNCCN1S(=O)(=O)c1ccccc1)C(c1ccc(F)cc1)c1ccc(F)cc1. The van der Waals surface area contributed by atoms with Crippen molar-refractivity contribution in [3.8, 4) is 0 Å². The zero-order valence-corrected chi connectivity index (χ0v) is 24.6. The molecule has 4 aromatic rings. The Hall–Kier alpha value is -4.03. The first kappa shape index (κ1) is 31.4. The number of rotatable bonds is 10. The van der Waals surface area contributed by atoms with E-state index in [1.807, 2.05) is 0 Å². The topological polar surface area (TPSA) is 105 Å². The molecule has 1 heterocycles. The largest absolute Gasteiger partial charge is 0.324 e. The van der Waals surface area contributed by atoms with E-state index in [0.29, 0.717) is 30.6 Å². The molecule has 0 radical (unpaired) electrons. The summed E-state index contributed by atoms with van der Waals surface area (Å²) in [5, 5.41) is 5.97. The molecule has 11 heteroatoms. The zero-order valence-electron chi connectivity index (χ0n) is 23.8. The van der Waals surface area contributed by atoms with E-state index in [9.17, 15) is 22.0 Å². The molecule has 0 saturated carbocycles.